The van der Waals surface area contributed by atoms with E-state index in [1.54, 1.807) is 0 Å². The summed E-state index contributed by atoms with van der Waals surface area (Å²) >= 11 is 11.9. The molecule has 0 heterocycles. The lowest BCUT2D eigenvalue weighted by molar-refractivity contribution is -0.116. The van der Waals surface area contributed by atoms with E-state index in [0.717, 1.165) is 11.1 Å². The summed E-state index contributed by atoms with van der Waals surface area (Å²) in [6.45, 7) is 1.96. The molecular weight excluding hydrogens is 293 g/mol. The van der Waals surface area contributed by atoms with Crippen LogP contribution in [-0.4, -0.2) is 5.91 Å². The summed E-state index contributed by atoms with van der Waals surface area (Å²) in [6, 6.07) is 13.1. The molecule has 0 fully saturated rings. The van der Waals surface area contributed by atoms with Gasteiger partial charge in [0.25, 0.3) is 0 Å². The predicted molar refractivity (Wildman–Crippen MR) is 84.6 cm³/mol. The van der Waals surface area contributed by atoms with E-state index in [-0.39, 0.29) is 5.91 Å². The van der Waals surface area contributed by atoms with Crippen LogP contribution in [0.3, 0.4) is 0 Å². The topological polar surface area (TPSA) is 29.1 Å². The molecule has 0 aliphatic heterocycles. The van der Waals surface area contributed by atoms with Crippen molar-refractivity contribution in [3.8, 4) is 0 Å². The largest absolute Gasteiger partial charge is 0.325 e. The van der Waals surface area contributed by atoms with Crippen molar-refractivity contribution in [2.24, 2.45) is 0 Å². The number of hydrogen-bond donors (Lipinski definition) is 1. The van der Waals surface area contributed by atoms with Crippen molar-refractivity contribution in [3.63, 3.8) is 0 Å². The summed E-state index contributed by atoms with van der Waals surface area (Å²) in [5, 5.41) is 4.08. The summed E-state index contributed by atoms with van der Waals surface area (Å²) < 4.78 is 0. The van der Waals surface area contributed by atoms with Crippen molar-refractivity contribution in [1.82, 2.24) is 0 Å². The van der Waals surface area contributed by atoms with Crippen molar-refractivity contribution in [2.75, 3.05) is 5.32 Å². The van der Waals surface area contributed by atoms with E-state index in [2.05, 4.69) is 5.32 Å². The molecule has 0 unspecified atom stereocenters. The third-order valence-corrected chi connectivity index (χ3v) is 3.52. The first kappa shape index (κ1) is 14.9. The summed E-state index contributed by atoms with van der Waals surface area (Å²) in [5.41, 5.74) is 2.80. The monoisotopic (exact) mass is 307 g/mol. The second kappa shape index (κ2) is 6.78. The molecule has 2 rings (SSSR count). The highest BCUT2D eigenvalue weighted by Crippen LogP contribution is 2.23. The maximum Gasteiger partial charge on any atom is 0.224 e. The third-order valence-electron chi connectivity index (χ3n) is 2.95. The molecule has 1 amide bonds. The summed E-state index contributed by atoms with van der Waals surface area (Å²) in [7, 11) is 0. The molecule has 20 heavy (non-hydrogen) atoms. The van der Waals surface area contributed by atoms with Crippen LogP contribution in [0.1, 0.15) is 17.5 Å². The Morgan fingerprint density at radius 1 is 1.10 bits per heavy atom. The van der Waals surface area contributed by atoms with Gasteiger partial charge < -0.3 is 5.32 Å². The zero-order chi connectivity index (χ0) is 14.5. The molecule has 0 bridgehead atoms. The van der Waals surface area contributed by atoms with Gasteiger partial charge in [-0.05, 0) is 48.7 Å². The van der Waals surface area contributed by atoms with Crippen LogP contribution in [0.25, 0.3) is 0 Å². The fourth-order valence-corrected chi connectivity index (χ4v) is 2.25. The van der Waals surface area contributed by atoms with Gasteiger partial charge in [0.15, 0.2) is 0 Å². The van der Waals surface area contributed by atoms with Gasteiger partial charge in [-0.25, -0.2) is 0 Å². The van der Waals surface area contributed by atoms with E-state index >= 15 is 0 Å². The van der Waals surface area contributed by atoms with Crippen molar-refractivity contribution in [3.05, 3.63) is 63.6 Å². The number of rotatable bonds is 4. The minimum Gasteiger partial charge on any atom is -0.325 e. The van der Waals surface area contributed by atoms with Crippen molar-refractivity contribution < 1.29 is 4.79 Å². The van der Waals surface area contributed by atoms with Crippen LogP contribution < -0.4 is 5.32 Å². The summed E-state index contributed by atoms with van der Waals surface area (Å²) in [6.07, 6.45) is 1.08. The van der Waals surface area contributed by atoms with E-state index in [0.29, 0.717) is 28.6 Å². The molecule has 0 radical (unpaired) electrons. The van der Waals surface area contributed by atoms with Crippen molar-refractivity contribution in [1.29, 1.82) is 0 Å². The molecular formula is C16H15Cl2NO. The lowest BCUT2D eigenvalue weighted by Crippen LogP contribution is -2.12. The molecule has 0 saturated heterocycles. The Morgan fingerprint density at radius 2 is 1.80 bits per heavy atom. The predicted octanol–water partition coefficient (Wildman–Crippen LogP) is 4.87. The molecule has 104 valence electrons. The highest BCUT2D eigenvalue weighted by atomic mass is 35.5. The van der Waals surface area contributed by atoms with E-state index in [9.17, 15) is 4.79 Å². The number of carbonyl (C=O) groups excluding carboxylic acids is 1. The molecule has 1 N–H and O–H groups in total. The maximum absolute atomic E-state index is 11.9. The van der Waals surface area contributed by atoms with E-state index in [4.69, 9.17) is 23.2 Å². The Balaban J connectivity index is 1.90. The number of carbonyl (C=O) groups is 1. The average molecular weight is 308 g/mol. The molecule has 0 aliphatic rings. The minimum atomic E-state index is -0.0503. The van der Waals surface area contributed by atoms with Crippen LogP contribution in [0, 0.1) is 6.92 Å². The van der Waals surface area contributed by atoms with E-state index < -0.39 is 0 Å². The Morgan fingerprint density at radius 3 is 2.45 bits per heavy atom. The van der Waals surface area contributed by atoms with E-state index in [1.165, 1.54) is 0 Å². The van der Waals surface area contributed by atoms with Gasteiger partial charge in [0.1, 0.15) is 0 Å². The molecule has 0 atom stereocenters. The Labute approximate surface area is 128 Å². The first-order valence-electron chi connectivity index (χ1n) is 6.35. The standard InChI is InChI=1S/C16H15Cl2NO/c1-11-2-8-15(14(18)10-11)19-16(20)9-5-12-3-6-13(17)7-4-12/h2-4,6-8,10H,5,9H2,1H3,(H,19,20). The van der Waals surface area contributed by atoms with Gasteiger partial charge in [0.05, 0.1) is 10.7 Å². The van der Waals surface area contributed by atoms with Crippen LogP contribution >= 0.6 is 23.2 Å². The van der Waals surface area contributed by atoms with E-state index in [1.807, 2.05) is 49.4 Å². The van der Waals surface area contributed by atoms with Crippen LogP contribution in [0.5, 0.6) is 0 Å². The fourth-order valence-electron chi connectivity index (χ4n) is 1.84. The lowest BCUT2D eigenvalue weighted by Gasteiger charge is -2.08. The normalized spacial score (nSPS) is 10.3. The number of nitrogens with one attached hydrogen (secondary N) is 1. The first-order valence-corrected chi connectivity index (χ1v) is 7.10. The van der Waals surface area contributed by atoms with Crippen LogP contribution in [0.2, 0.25) is 10.0 Å². The number of anilines is 1. The van der Waals surface area contributed by atoms with Gasteiger partial charge in [-0.15, -0.1) is 0 Å². The van der Waals surface area contributed by atoms with Gasteiger partial charge in [0.2, 0.25) is 5.91 Å². The van der Waals surface area contributed by atoms with Crippen LogP contribution in [0.15, 0.2) is 42.5 Å². The first-order chi connectivity index (χ1) is 9.54. The number of aryl methyl sites for hydroxylation is 2. The Hall–Kier alpha value is -1.51. The number of amides is 1. The molecule has 2 nitrogen and oxygen atoms in total. The van der Waals surface area contributed by atoms with Gasteiger partial charge in [-0.2, -0.15) is 0 Å². The van der Waals surface area contributed by atoms with Crippen LogP contribution in [0.4, 0.5) is 5.69 Å². The SMILES string of the molecule is Cc1ccc(NC(=O)CCc2ccc(Cl)cc2)c(Cl)c1. The number of benzene rings is 2. The van der Waals surface area contributed by atoms with Gasteiger partial charge in [-0.1, -0.05) is 41.4 Å². The highest BCUT2D eigenvalue weighted by Gasteiger charge is 2.06. The smallest absolute Gasteiger partial charge is 0.224 e. The molecule has 0 aliphatic carbocycles. The second-order valence-corrected chi connectivity index (χ2v) is 5.50. The number of halogens is 2. The zero-order valence-corrected chi connectivity index (χ0v) is 12.6. The Kier molecular flexibility index (Phi) is 5.05. The number of hydrogen-bond acceptors (Lipinski definition) is 1. The quantitative estimate of drug-likeness (QED) is 0.857. The molecule has 4 heteroatoms. The van der Waals surface area contributed by atoms with Crippen molar-refractivity contribution in [2.45, 2.75) is 19.8 Å². The fraction of sp³-hybridized carbons (Fsp3) is 0.188. The summed E-state index contributed by atoms with van der Waals surface area (Å²) in [5.74, 6) is -0.0503. The highest BCUT2D eigenvalue weighted by molar-refractivity contribution is 6.33. The maximum atomic E-state index is 11.9. The minimum absolute atomic E-state index is 0.0503. The molecule has 2 aromatic carbocycles. The molecule has 2 aromatic rings. The molecule has 0 spiro atoms. The average Bonchev–Trinajstić information content (AvgIpc) is 2.41. The van der Waals surface area contributed by atoms with Gasteiger partial charge in [0, 0.05) is 11.4 Å². The Bertz CT molecular complexity index is 608. The summed E-state index contributed by atoms with van der Waals surface area (Å²) in [4.78, 5) is 11.9. The molecule has 0 saturated carbocycles. The lowest BCUT2D eigenvalue weighted by atomic mass is 10.1. The second-order valence-electron chi connectivity index (χ2n) is 4.66. The van der Waals surface area contributed by atoms with Gasteiger partial charge >= 0.3 is 0 Å². The molecule has 0 aromatic heterocycles. The van der Waals surface area contributed by atoms with Crippen LogP contribution in [-0.2, 0) is 11.2 Å². The third kappa shape index (κ3) is 4.26. The van der Waals surface area contributed by atoms with Crippen molar-refractivity contribution >= 4 is 34.8 Å². The zero-order valence-electron chi connectivity index (χ0n) is 11.1. The van der Waals surface area contributed by atoms with Gasteiger partial charge in [-0.3, -0.25) is 4.79 Å².